The van der Waals surface area contributed by atoms with E-state index in [1.165, 1.54) is 27.7 Å². The standard InChI is InChI=1S/C21H21NO3S/c1-22-9-6-15(7-10-22)20-17-12-14(3-5-19(23)24)2-4-18(17)25-13-16-8-11-26-21(16)20/h2-5,8,11-12H,6-7,9-10,13H2,1H3,(H,23,24). The number of fused-ring (bicyclic) bond motifs is 2. The SMILES string of the molecule is CN1CCC(=C2c3cc(C=CC(=O)O)ccc3OCc3ccsc32)CC1. The summed E-state index contributed by atoms with van der Waals surface area (Å²) >= 11 is 1.77. The summed E-state index contributed by atoms with van der Waals surface area (Å²) in [6.07, 6.45) is 4.92. The maximum atomic E-state index is 10.9. The lowest BCUT2D eigenvalue weighted by Gasteiger charge is -2.26. The van der Waals surface area contributed by atoms with Crippen molar-refractivity contribution in [2.45, 2.75) is 19.4 Å². The highest BCUT2D eigenvalue weighted by atomic mass is 32.1. The zero-order chi connectivity index (χ0) is 18.1. The van der Waals surface area contributed by atoms with Gasteiger partial charge in [-0.3, -0.25) is 0 Å². The third kappa shape index (κ3) is 3.32. The van der Waals surface area contributed by atoms with E-state index in [1.54, 1.807) is 17.4 Å². The van der Waals surface area contributed by atoms with Crippen molar-refractivity contribution < 1.29 is 14.6 Å². The molecule has 1 aromatic heterocycles. The lowest BCUT2D eigenvalue weighted by Crippen LogP contribution is -2.26. The maximum absolute atomic E-state index is 10.9. The lowest BCUT2D eigenvalue weighted by molar-refractivity contribution is -0.131. The number of hydrogen-bond donors (Lipinski definition) is 1. The monoisotopic (exact) mass is 367 g/mol. The summed E-state index contributed by atoms with van der Waals surface area (Å²) in [4.78, 5) is 14.5. The summed E-state index contributed by atoms with van der Waals surface area (Å²) in [6.45, 7) is 2.70. The Bertz CT molecular complexity index is 900. The molecular formula is C21H21NO3S. The molecule has 0 unspecified atom stereocenters. The first-order valence-corrected chi connectivity index (χ1v) is 9.65. The third-order valence-electron chi connectivity index (χ3n) is 4.99. The summed E-state index contributed by atoms with van der Waals surface area (Å²) in [5.41, 5.74) is 5.95. The molecule has 0 atom stereocenters. The van der Waals surface area contributed by atoms with Crippen LogP contribution < -0.4 is 4.74 Å². The number of piperidine rings is 1. The fourth-order valence-electron chi connectivity index (χ4n) is 3.58. The Morgan fingerprint density at radius 1 is 1.27 bits per heavy atom. The van der Waals surface area contributed by atoms with Crippen LogP contribution in [0.25, 0.3) is 11.6 Å². The summed E-state index contributed by atoms with van der Waals surface area (Å²) < 4.78 is 6.08. The van der Waals surface area contributed by atoms with Gasteiger partial charge in [0, 0.05) is 40.7 Å². The number of hydrogen-bond acceptors (Lipinski definition) is 4. The van der Waals surface area contributed by atoms with Gasteiger partial charge in [-0.2, -0.15) is 0 Å². The van der Waals surface area contributed by atoms with Crippen molar-refractivity contribution in [3.8, 4) is 5.75 Å². The van der Waals surface area contributed by atoms with E-state index in [9.17, 15) is 4.79 Å². The van der Waals surface area contributed by atoms with Gasteiger partial charge >= 0.3 is 5.97 Å². The zero-order valence-electron chi connectivity index (χ0n) is 14.7. The van der Waals surface area contributed by atoms with Crippen molar-refractivity contribution in [3.63, 3.8) is 0 Å². The molecule has 0 radical (unpaired) electrons. The predicted octanol–water partition coefficient (Wildman–Crippen LogP) is 4.27. The van der Waals surface area contributed by atoms with E-state index in [4.69, 9.17) is 9.84 Å². The highest BCUT2D eigenvalue weighted by Gasteiger charge is 2.25. The van der Waals surface area contributed by atoms with Crippen molar-refractivity contribution in [1.29, 1.82) is 0 Å². The molecule has 2 aliphatic rings. The van der Waals surface area contributed by atoms with Crippen molar-refractivity contribution in [2.24, 2.45) is 0 Å². The minimum atomic E-state index is -0.939. The largest absolute Gasteiger partial charge is 0.488 e. The average Bonchev–Trinajstić information content (AvgIpc) is 3.03. The first kappa shape index (κ1) is 17.1. The van der Waals surface area contributed by atoms with Crippen molar-refractivity contribution in [1.82, 2.24) is 4.90 Å². The number of thiophene rings is 1. The highest BCUT2D eigenvalue weighted by Crippen LogP contribution is 2.43. The second-order valence-corrected chi connectivity index (χ2v) is 7.69. The normalized spacial score (nSPS) is 17.6. The van der Waals surface area contributed by atoms with Gasteiger partial charge in [0.2, 0.25) is 0 Å². The Balaban J connectivity index is 1.87. The fourth-order valence-corrected chi connectivity index (χ4v) is 4.59. The molecule has 1 fully saturated rings. The zero-order valence-corrected chi connectivity index (χ0v) is 15.5. The smallest absolute Gasteiger partial charge is 0.328 e. The van der Waals surface area contributed by atoms with E-state index in [0.29, 0.717) is 6.61 Å². The van der Waals surface area contributed by atoms with Gasteiger partial charge in [-0.15, -0.1) is 11.3 Å². The summed E-state index contributed by atoms with van der Waals surface area (Å²) in [5, 5.41) is 11.0. The van der Waals surface area contributed by atoms with Gasteiger partial charge in [0.05, 0.1) is 0 Å². The Morgan fingerprint density at radius 2 is 2.08 bits per heavy atom. The second kappa shape index (κ2) is 7.09. The number of benzene rings is 1. The summed E-state index contributed by atoms with van der Waals surface area (Å²) in [6, 6.07) is 8.08. The quantitative estimate of drug-likeness (QED) is 0.806. The fraction of sp³-hybridized carbons (Fsp3) is 0.286. The molecule has 5 heteroatoms. The van der Waals surface area contributed by atoms with E-state index in [-0.39, 0.29) is 0 Å². The molecular weight excluding hydrogens is 346 g/mol. The minimum absolute atomic E-state index is 0.576. The molecule has 3 heterocycles. The Labute approximate surface area is 157 Å². The molecule has 0 spiro atoms. The molecule has 0 aliphatic carbocycles. The number of carboxylic acids is 1. The number of ether oxygens (including phenoxy) is 1. The van der Waals surface area contributed by atoms with Gasteiger partial charge in [0.1, 0.15) is 12.4 Å². The van der Waals surface area contributed by atoms with Gasteiger partial charge in [0.15, 0.2) is 0 Å². The van der Waals surface area contributed by atoms with Crippen LogP contribution in [0.2, 0.25) is 0 Å². The molecule has 1 N–H and O–H groups in total. The molecule has 26 heavy (non-hydrogen) atoms. The van der Waals surface area contributed by atoms with Crippen LogP contribution in [0.4, 0.5) is 0 Å². The molecule has 4 rings (SSSR count). The van der Waals surface area contributed by atoms with Crippen LogP contribution in [0, 0.1) is 0 Å². The van der Waals surface area contributed by atoms with Gasteiger partial charge in [-0.05, 0) is 55.1 Å². The van der Waals surface area contributed by atoms with E-state index in [0.717, 1.165) is 42.8 Å². The molecule has 1 aromatic carbocycles. The summed E-state index contributed by atoms with van der Waals surface area (Å²) in [5.74, 6) is -0.0621. The Morgan fingerprint density at radius 3 is 2.85 bits per heavy atom. The third-order valence-corrected chi connectivity index (χ3v) is 5.97. The van der Waals surface area contributed by atoms with E-state index < -0.39 is 5.97 Å². The topological polar surface area (TPSA) is 49.8 Å². The van der Waals surface area contributed by atoms with Crippen LogP contribution in [-0.2, 0) is 11.4 Å². The summed E-state index contributed by atoms with van der Waals surface area (Å²) in [7, 11) is 2.16. The minimum Gasteiger partial charge on any atom is -0.488 e. The number of carboxylic acid groups (broad SMARTS) is 1. The van der Waals surface area contributed by atoms with Crippen molar-refractivity contribution >= 4 is 29.0 Å². The molecule has 0 amide bonds. The van der Waals surface area contributed by atoms with Crippen LogP contribution in [-0.4, -0.2) is 36.1 Å². The van der Waals surface area contributed by atoms with E-state index in [2.05, 4.69) is 29.5 Å². The van der Waals surface area contributed by atoms with Crippen molar-refractivity contribution in [3.05, 3.63) is 62.9 Å². The van der Waals surface area contributed by atoms with Crippen LogP contribution in [0.1, 0.15) is 34.4 Å². The lowest BCUT2D eigenvalue weighted by atomic mass is 9.90. The van der Waals surface area contributed by atoms with Gasteiger partial charge < -0.3 is 14.7 Å². The van der Waals surface area contributed by atoms with Gasteiger partial charge in [0.25, 0.3) is 0 Å². The van der Waals surface area contributed by atoms with Crippen LogP contribution in [0.3, 0.4) is 0 Å². The first-order valence-electron chi connectivity index (χ1n) is 8.77. The molecule has 0 bridgehead atoms. The number of aliphatic carboxylic acids is 1. The van der Waals surface area contributed by atoms with E-state index >= 15 is 0 Å². The molecule has 2 aliphatic heterocycles. The van der Waals surface area contributed by atoms with Crippen LogP contribution in [0.15, 0.2) is 41.3 Å². The second-order valence-electron chi connectivity index (χ2n) is 6.77. The van der Waals surface area contributed by atoms with Crippen LogP contribution in [0.5, 0.6) is 5.75 Å². The number of nitrogens with zero attached hydrogens (tertiary/aromatic N) is 1. The molecule has 1 saturated heterocycles. The first-order chi connectivity index (χ1) is 12.6. The predicted molar refractivity (Wildman–Crippen MR) is 105 cm³/mol. The molecule has 4 nitrogen and oxygen atoms in total. The number of likely N-dealkylation sites (tertiary alicyclic amines) is 1. The van der Waals surface area contributed by atoms with Crippen LogP contribution >= 0.6 is 11.3 Å². The Hall–Kier alpha value is -2.37. The van der Waals surface area contributed by atoms with Crippen molar-refractivity contribution in [2.75, 3.05) is 20.1 Å². The Kier molecular flexibility index (Phi) is 4.66. The molecule has 2 aromatic rings. The maximum Gasteiger partial charge on any atom is 0.328 e. The molecule has 134 valence electrons. The van der Waals surface area contributed by atoms with Gasteiger partial charge in [-0.1, -0.05) is 11.6 Å². The highest BCUT2D eigenvalue weighted by molar-refractivity contribution is 7.11. The average molecular weight is 367 g/mol. The van der Waals surface area contributed by atoms with Gasteiger partial charge in [-0.25, -0.2) is 4.79 Å². The number of rotatable bonds is 2. The van der Waals surface area contributed by atoms with E-state index in [1.807, 2.05) is 12.1 Å². The molecule has 0 saturated carbocycles. The number of carbonyl (C=O) groups is 1.